The van der Waals surface area contributed by atoms with Crippen LogP contribution in [-0.4, -0.2) is 47.5 Å². The molecule has 2 aromatic rings. The van der Waals surface area contributed by atoms with Crippen LogP contribution in [0.2, 0.25) is 0 Å². The number of fused-ring (bicyclic) bond motifs is 1. The number of pyridine rings is 1. The van der Waals surface area contributed by atoms with Crippen molar-refractivity contribution in [3.8, 4) is 5.75 Å². The number of anilines is 1. The topological polar surface area (TPSA) is 82.9 Å². The van der Waals surface area contributed by atoms with Crippen LogP contribution in [0, 0.1) is 5.41 Å². The number of nitrogens with zero attached hydrogens (tertiary/aromatic N) is 2. The van der Waals surface area contributed by atoms with Gasteiger partial charge >= 0.3 is 5.97 Å². The second-order valence-electron chi connectivity index (χ2n) is 6.64. The lowest BCUT2D eigenvalue weighted by Gasteiger charge is -2.43. The molecule has 6 nitrogen and oxygen atoms in total. The maximum Gasteiger partial charge on any atom is 0.314 e. The SMILES string of the molecule is CCC[C@]1(C(=O)O)CN(c2ccc3cccc(OC)c3n2)CC[C@@H]1O. The summed E-state index contributed by atoms with van der Waals surface area (Å²) in [6.07, 6.45) is 0.724. The van der Waals surface area contributed by atoms with Crippen molar-refractivity contribution in [2.24, 2.45) is 5.41 Å². The van der Waals surface area contributed by atoms with Crippen molar-refractivity contribution >= 4 is 22.7 Å². The average Bonchev–Trinajstić information content (AvgIpc) is 2.62. The minimum absolute atomic E-state index is 0.255. The van der Waals surface area contributed by atoms with Gasteiger partial charge in [0.25, 0.3) is 0 Å². The number of aliphatic hydroxyl groups is 1. The molecule has 0 aliphatic carbocycles. The molecule has 0 bridgehead atoms. The van der Waals surface area contributed by atoms with Crippen molar-refractivity contribution in [1.82, 2.24) is 4.98 Å². The monoisotopic (exact) mass is 344 g/mol. The quantitative estimate of drug-likeness (QED) is 0.868. The van der Waals surface area contributed by atoms with Crippen LogP contribution < -0.4 is 9.64 Å². The summed E-state index contributed by atoms with van der Waals surface area (Å²) in [6.45, 7) is 2.77. The van der Waals surface area contributed by atoms with Gasteiger partial charge in [-0.05, 0) is 31.0 Å². The molecule has 6 heteroatoms. The number of carboxylic acids is 1. The molecule has 3 rings (SSSR count). The Hall–Kier alpha value is -2.34. The number of carbonyl (C=O) groups is 1. The van der Waals surface area contributed by atoms with Gasteiger partial charge < -0.3 is 19.8 Å². The van der Waals surface area contributed by atoms with E-state index in [-0.39, 0.29) is 6.54 Å². The van der Waals surface area contributed by atoms with E-state index in [9.17, 15) is 15.0 Å². The fourth-order valence-electron chi connectivity index (χ4n) is 3.73. The lowest BCUT2D eigenvalue weighted by atomic mass is 9.74. The molecule has 1 saturated heterocycles. The Morgan fingerprint density at radius 2 is 2.20 bits per heavy atom. The molecule has 0 saturated carbocycles. The van der Waals surface area contributed by atoms with Crippen LogP contribution in [0.5, 0.6) is 5.75 Å². The molecular weight excluding hydrogens is 320 g/mol. The predicted octanol–water partition coefficient (Wildman–Crippen LogP) is 2.69. The van der Waals surface area contributed by atoms with Crippen LogP contribution in [-0.2, 0) is 4.79 Å². The first-order valence-corrected chi connectivity index (χ1v) is 8.62. The summed E-state index contributed by atoms with van der Waals surface area (Å²) < 4.78 is 5.39. The molecule has 2 heterocycles. The number of aliphatic hydroxyl groups excluding tert-OH is 1. The number of aliphatic carboxylic acids is 1. The number of methoxy groups -OCH3 is 1. The highest BCUT2D eigenvalue weighted by molar-refractivity contribution is 5.86. The number of hydrogen-bond acceptors (Lipinski definition) is 5. The van der Waals surface area contributed by atoms with Crippen LogP contribution in [0.4, 0.5) is 5.82 Å². The molecule has 1 aliphatic heterocycles. The normalized spacial score (nSPS) is 23.6. The van der Waals surface area contributed by atoms with Gasteiger partial charge in [0.1, 0.15) is 22.5 Å². The van der Waals surface area contributed by atoms with E-state index in [1.807, 2.05) is 42.2 Å². The Labute approximate surface area is 147 Å². The van der Waals surface area contributed by atoms with Crippen molar-refractivity contribution in [3.05, 3.63) is 30.3 Å². The number of benzene rings is 1. The van der Waals surface area contributed by atoms with Gasteiger partial charge in [0.2, 0.25) is 0 Å². The van der Waals surface area contributed by atoms with E-state index in [1.165, 1.54) is 0 Å². The third-order valence-corrected chi connectivity index (χ3v) is 5.12. The maximum atomic E-state index is 11.9. The van der Waals surface area contributed by atoms with Crippen molar-refractivity contribution in [2.45, 2.75) is 32.3 Å². The van der Waals surface area contributed by atoms with E-state index in [1.54, 1.807) is 7.11 Å². The molecular formula is C19H24N2O4. The smallest absolute Gasteiger partial charge is 0.314 e. The molecule has 0 unspecified atom stereocenters. The molecule has 1 fully saturated rings. The molecule has 2 N–H and O–H groups in total. The summed E-state index contributed by atoms with van der Waals surface area (Å²) in [5, 5.41) is 21.1. The van der Waals surface area contributed by atoms with Gasteiger partial charge in [-0.25, -0.2) is 4.98 Å². The number of hydrogen-bond donors (Lipinski definition) is 2. The zero-order valence-corrected chi connectivity index (χ0v) is 14.6. The lowest BCUT2D eigenvalue weighted by molar-refractivity contribution is -0.158. The second-order valence-corrected chi connectivity index (χ2v) is 6.64. The summed E-state index contributed by atoms with van der Waals surface area (Å²) in [4.78, 5) is 18.6. The molecule has 2 atom stereocenters. The van der Waals surface area contributed by atoms with Crippen LogP contribution in [0.15, 0.2) is 30.3 Å². The van der Waals surface area contributed by atoms with Gasteiger partial charge in [-0.3, -0.25) is 4.79 Å². The fraction of sp³-hybridized carbons (Fsp3) is 0.474. The Morgan fingerprint density at radius 3 is 2.88 bits per heavy atom. The van der Waals surface area contributed by atoms with E-state index in [0.29, 0.717) is 37.4 Å². The first-order valence-electron chi connectivity index (χ1n) is 8.62. The van der Waals surface area contributed by atoms with E-state index in [2.05, 4.69) is 0 Å². The second kappa shape index (κ2) is 6.88. The van der Waals surface area contributed by atoms with Crippen molar-refractivity contribution < 1.29 is 19.7 Å². The predicted molar refractivity (Wildman–Crippen MR) is 96.1 cm³/mol. The van der Waals surface area contributed by atoms with Crippen LogP contribution >= 0.6 is 0 Å². The fourth-order valence-corrected chi connectivity index (χ4v) is 3.73. The van der Waals surface area contributed by atoms with Gasteiger partial charge in [-0.2, -0.15) is 0 Å². The molecule has 25 heavy (non-hydrogen) atoms. The van der Waals surface area contributed by atoms with Crippen molar-refractivity contribution in [3.63, 3.8) is 0 Å². The van der Waals surface area contributed by atoms with E-state index < -0.39 is 17.5 Å². The third kappa shape index (κ3) is 3.02. The van der Waals surface area contributed by atoms with Crippen LogP contribution in [0.25, 0.3) is 10.9 Å². The standard InChI is InChI=1S/C19H24N2O4/c1-3-10-19(18(23)24)12-21(11-9-15(19)22)16-8-7-13-5-4-6-14(25-2)17(13)20-16/h4-8,15,22H,3,9-12H2,1-2H3,(H,23,24)/t15-,19-/m0/s1. The van der Waals surface area contributed by atoms with Crippen LogP contribution in [0.1, 0.15) is 26.2 Å². The highest BCUT2D eigenvalue weighted by Gasteiger charge is 2.48. The van der Waals surface area contributed by atoms with Crippen LogP contribution in [0.3, 0.4) is 0 Å². The highest BCUT2D eigenvalue weighted by Crippen LogP contribution is 2.37. The molecule has 1 aromatic carbocycles. The van der Waals surface area contributed by atoms with E-state index in [4.69, 9.17) is 9.72 Å². The lowest BCUT2D eigenvalue weighted by Crippen LogP contribution is -2.56. The minimum atomic E-state index is -1.15. The Morgan fingerprint density at radius 1 is 1.40 bits per heavy atom. The van der Waals surface area contributed by atoms with Gasteiger partial charge in [0.15, 0.2) is 0 Å². The summed E-state index contributed by atoms with van der Waals surface area (Å²) in [6, 6.07) is 9.60. The molecule has 0 spiro atoms. The molecule has 1 aromatic heterocycles. The minimum Gasteiger partial charge on any atom is -0.494 e. The number of rotatable bonds is 5. The molecule has 1 aliphatic rings. The first kappa shape index (κ1) is 17.5. The molecule has 134 valence electrons. The largest absolute Gasteiger partial charge is 0.494 e. The zero-order valence-electron chi connectivity index (χ0n) is 14.6. The summed E-state index contributed by atoms with van der Waals surface area (Å²) in [5.74, 6) is 0.463. The summed E-state index contributed by atoms with van der Waals surface area (Å²) >= 11 is 0. The number of ether oxygens (including phenoxy) is 1. The summed E-state index contributed by atoms with van der Waals surface area (Å²) in [5.41, 5.74) is -0.394. The van der Waals surface area contributed by atoms with Crippen molar-refractivity contribution in [2.75, 3.05) is 25.1 Å². The first-order chi connectivity index (χ1) is 12.0. The van der Waals surface area contributed by atoms with E-state index >= 15 is 0 Å². The number of aromatic nitrogens is 1. The number of para-hydroxylation sites is 1. The Kier molecular flexibility index (Phi) is 4.81. The summed E-state index contributed by atoms with van der Waals surface area (Å²) in [7, 11) is 1.61. The van der Waals surface area contributed by atoms with Gasteiger partial charge in [0, 0.05) is 18.5 Å². The third-order valence-electron chi connectivity index (χ3n) is 5.12. The average molecular weight is 344 g/mol. The molecule has 0 amide bonds. The van der Waals surface area contributed by atoms with Gasteiger partial charge in [-0.1, -0.05) is 25.5 Å². The Balaban J connectivity index is 1.99. The van der Waals surface area contributed by atoms with Gasteiger partial charge in [-0.15, -0.1) is 0 Å². The highest BCUT2D eigenvalue weighted by atomic mass is 16.5. The Bertz CT molecular complexity index is 779. The number of carboxylic acid groups (broad SMARTS) is 1. The number of piperidine rings is 1. The van der Waals surface area contributed by atoms with E-state index in [0.717, 1.165) is 10.9 Å². The molecule has 0 radical (unpaired) electrons. The van der Waals surface area contributed by atoms with Gasteiger partial charge in [0.05, 0.1) is 13.2 Å². The van der Waals surface area contributed by atoms with Crippen molar-refractivity contribution in [1.29, 1.82) is 0 Å². The maximum absolute atomic E-state index is 11.9. The zero-order chi connectivity index (χ0) is 18.0.